The Labute approximate surface area is 118 Å². The van der Waals surface area contributed by atoms with Gasteiger partial charge < -0.3 is 5.73 Å². The molecule has 1 aromatic heterocycles. The predicted molar refractivity (Wildman–Crippen MR) is 74.0 cm³/mol. The third-order valence-electron chi connectivity index (χ3n) is 2.58. The second kappa shape index (κ2) is 5.78. The van der Waals surface area contributed by atoms with E-state index in [9.17, 15) is 4.39 Å². The SMILES string of the molecule is NC(Cc1ccc(F)c(Cl)c1)c1ncccc1Br. The Balaban J connectivity index is 2.19. The Morgan fingerprint density at radius 2 is 2.17 bits per heavy atom. The van der Waals surface area contributed by atoms with E-state index in [0.29, 0.717) is 6.42 Å². The first-order valence-corrected chi connectivity index (χ1v) is 6.55. The minimum atomic E-state index is -0.423. The predicted octanol–water partition coefficient (Wildman–Crippen LogP) is 3.88. The van der Waals surface area contributed by atoms with Crippen molar-refractivity contribution in [1.82, 2.24) is 4.98 Å². The fraction of sp³-hybridized carbons (Fsp3) is 0.154. The fourth-order valence-electron chi connectivity index (χ4n) is 1.69. The standard InChI is InChI=1S/C13H11BrClFN2/c14-9-2-1-5-18-13(9)12(17)7-8-3-4-11(16)10(15)6-8/h1-6,12H,7,17H2. The average molecular weight is 330 g/mol. The van der Waals surface area contributed by atoms with Gasteiger partial charge in [-0.25, -0.2) is 4.39 Å². The van der Waals surface area contributed by atoms with Crippen molar-refractivity contribution in [3.05, 3.63) is 63.1 Å². The maximum atomic E-state index is 13.0. The summed E-state index contributed by atoms with van der Waals surface area (Å²) in [6.45, 7) is 0. The number of benzene rings is 1. The van der Waals surface area contributed by atoms with Crippen LogP contribution in [0.3, 0.4) is 0 Å². The molecule has 2 nitrogen and oxygen atoms in total. The van der Waals surface area contributed by atoms with Gasteiger partial charge in [-0.05, 0) is 52.2 Å². The lowest BCUT2D eigenvalue weighted by Crippen LogP contribution is -2.15. The molecule has 0 aliphatic heterocycles. The normalized spacial score (nSPS) is 12.4. The summed E-state index contributed by atoms with van der Waals surface area (Å²) in [6, 6.07) is 8.07. The molecule has 2 N–H and O–H groups in total. The van der Waals surface area contributed by atoms with Crippen LogP contribution in [0, 0.1) is 5.82 Å². The van der Waals surface area contributed by atoms with Crippen molar-refractivity contribution in [2.24, 2.45) is 5.73 Å². The summed E-state index contributed by atoms with van der Waals surface area (Å²) >= 11 is 9.14. The second-order valence-corrected chi connectivity index (χ2v) is 5.19. The highest BCUT2D eigenvalue weighted by Gasteiger charge is 2.12. The Kier molecular flexibility index (Phi) is 4.32. The number of aromatic nitrogens is 1. The molecule has 0 saturated carbocycles. The fourth-order valence-corrected chi connectivity index (χ4v) is 2.44. The van der Waals surface area contributed by atoms with Crippen LogP contribution >= 0.6 is 27.5 Å². The maximum absolute atomic E-state index is 13.0. The topological polar surface area (TPSA) is 38.9 Å². The molecule has 18 heavy (non-hydrogen) atoms. The number of nitrogens with two attached hydrogens (primary N) is 1. The summed E-state index contributed by atoms with van der Waals surface area (Å²) in [5.41, 5.74) is 7.74. The molecule has 5 heteroatoms. The zero-order valence-corrected chi connectivity index (χ0v) is 11.7. The highest BCUT2D eigenvalue weighted by atomic mass is 79.9. The largest absolute Gasteiger partial charge is 0.322 e. The summed E-state index contributed by atoms with van der Waals surface area (Å²) in [4.78, 5) is 4.24. The van der Waals surface area contributed by atoms with E-state index < -0.39 is 5.82 Å². The van der Waals surface area contributed by atoms with Crippen LogP contribution in [0.25, 0.3) is 0 Å². The lowest BCUT2D eigenvalue weighted by molar-refractivity contribution is 0.625. The van der Waals surface area contributed by atoms with Crippen LogP contribution in [0.1, 0.15) is 17.3 Å². The number of hydrogen-bond donors (Lipinski definition) is 1. The van der Waals surface area contributed by atoms with Crippen LogP contribution in [0.5, 0.6) is 0 Å². The van der Waals surface area contributed by atoms with Crippen molar-refractivity contribution in [2.45, 2.75) is 12.5 Å². The van der Waals surface area contributed by atoms with Gasteiger partial charge in [0.15, 0.2) is 0 Å². The van der Waals surface area contributed by atoms with Gasteiger partial charge in [-0.3, -0.25) is 4.98 Å². The quantitative estimate of drug-likeness (QED) is 0.928. The highest BCUT2D eigenvalue weighted by molar-refractivity contribution is 9.10. The summed E-state index contributed by atoms with van der Waals surface area (Å²) in [5, 5.41) is 0.111. The minimum absolute atomic E-state index is 0.111. The summed E-state index contributed by atoms with van der Waals surface area (Å²) in [6.07, 6.45) is 2.24. The second-order valence-electron chi connectivity index (χ2n) is 3.93. The van der Waals surface area contributed by atoms with Crippen LogP contribution in [-0.2, 0) is 6.42 Å². The van der Waals surface area contributed by atoms with Crippen LogP contribution in [0.2, 0.25) is 5.02 Å². The van der Waals surface area contributed by atoms with Crippen molar-refractivity contribution < 1.29 is 4.39 Å². The van der Waals surface area contributed by atoms with Gasteiger partial charge in [0.05, 0.1) is 16.8 Å². The van der Waals surface area contributed by atoms with Crippen molar-refractivity contribution in [3.63, 3.8) is 0 Å². The van der Waals surface area contributed by atoms with E-state index in [0.717, 1.165) is 15.7 Å². The first-order chi connectivity index (χ1) is 8.58. The monoisotopic (exact) mass is 328 g/mol. The van der Waals surface area contributed by atoms with Gasteiger partial charge >= 0.3 is 0 Å². The third kappa shape index (κ3) is 3.07. The average Bonchev–Trinajstić information content (AvgIpc) is 2.34. The van der Waals surface area contributed by atoms with Crippen LogP contribution < -0.4 is 5.73 Å². The first kappa shape index (κ1) is 13.5. The summed E-state index contributed by atoms with van der Waals surface area (Å²) in [7, 11) is 0. The molecule has 0 spiro atoms. The van der Waals surface area contributed by atoms with E-state index in [-0.39, 0.29) is 11.1 Å². The van der Waals surface area contributed by atoms with E-state index in [2.05, 4.69) is 20.9 Å². The van der Waals surface area contributed by atoms with Gasteiger partial charge in [-0.2, -0.15) is 0 Å². The first-order valence-electron chi connectivity index (χ1n) is 5.38. The van der Waals surface area contributed by atoms with E-state index in [1.165, 1.54) is 6.07 Å². The molecule has 1 unspecified atom stereocenters. The van der Waals surface area contributed by atoms with E-state index in [1.54, 1.807) is 18.3 Å². The molecule has 0 radical (unpaired) electrons. The molecule has 94 valence electrons. The number of rotatable bonds is 3. The number of halogens is 3. The molecule has 1 heterocycles. The molecule has 0 aliphatic rings. The Bertz CT molecular complexity index is 562. The summed E-state index contributed by atoms with van der Waals surface area (Å²) < 4.78 is 13.9. The van der Waals surface area contributed by atoms with Gasteiger partial charge in [-0.15, -0.1) is 0 Å². The molecule has 1 atom stereocenters. The highest BCUT2D eigenvalue weighted by Crippen LogP contribution is 2.24. The lowest BCUT2D eigenvalue weighted by atomic mass is 10.0. The Morgan fingerprint density at radius 3 is 2.83 bits per heavy atom. The van der Waals surface area contributed by atoms with Gasteiger partial charge in [-0.1, -0.05) is 17.7 Å². The number of nitrogens with zero attached hydrogens (tertiary/aromatic N) is 1. The van der Waals surface area contributed by atoms with E-state index in [1.807, 2.05) is 12.1 Å². The van der Waals surface area contributed by atoms with Crippen molar-refractivity contribution in [1.29, 1.82) is 0 Å². The lowest BCUT2D eigenvalue weighted by Gasteiger charge is -2.13. The molecule has 0 amide bonds. The van der Waals surface area contributed by atoms with Crippen molar-refractivity contribution >= 4 is 27.5 Å². The van der Waals surface area contributed by atoms with E-state index >= 15 is 0 Å². The van der Waals surface area contributed by atoms with E-state index in [4.69, 9.17) is 17.3 Å². The Morgan fingerprint density at radius 1 is 1.39 bits per heavy atom. The number of pyridine rings is 1. The van der Waals surface area contributed by atoms with Gasteiger partial charge in [0.1, 0.15) is 5.82 Å². The zero-order chi connectivity index (χ0) is 13.1. The Hall–Kier alpha value is -0.970. The molecule has 0 bridgehead atoms. The van der Waals surface area contributed by atoms with Crippen LogP contribution in [0.4, 0.5) is 4.39 Å². The molecule has 0 aliphatic carbocycles. The molecule has 2 aromatic rings. The van der Waals surface area contributed by atoms with Gasteiger partial charge in [0.25, 0.3) is 0 Å². The third-order valence-corrected chi connectivity index (χ3v) is 3.54. The van der Waals surface area contributed by atoms with Gasteiger partial charge in [0, 0.05) is 10.7 Å². The molecule has 0 saturated heterocycles. The van der Waals surface area contributed by atoms with Crippen LogP contribution in [0.15, 0.2) is 41.0 Å². The molecule has 0 fully saturated rings. The zero-order valence-electron chi connectivity index (χ0n) is 9.41. The molecule has 1 aromatic carbocycles. The maximum Gasteiger partial charge on any atom is 0.141 e. The molecular weight excluding hydrogens is 319 g/mol. The smallest absolute Gasteiger partial charge is 0.141 e. The molecular formula is C13H11BrClFN2. The minimum Gasteiger partial charge on any atom is -0.322 e. The van der Waals surface area contributed by atoms with Gasteiger partial charge in [0.2, 0.25) is 0 Å². The van der Waals surface area contributed by atoms with Crippen LogP contribution in [-0.4, -0.2) is 4.98 Å². The molecule has 2 rings (SSSR count). The summed E-state index contributed by atoms with van der Waals surface area (Å²) in [5.74, 6) is -0.423. The van der Waals surface area contributed by atoms with Crippen molar-refractivity contribution in [2.75, 3.05) is 0 Å². The number of hydrogen-bond acceptors (Lipinski definition) is 2. The van der Waals surface area contributed by atoms with Crippen molar-refractivity contribution in [3.8, 4) is 0 Å².